The Morgan fingerprint density at radius 1 is 1.33 bits per heavy atom. The van der Waals surface area contributed by atoms with Gasteiger partial charge in [-0.2, -0.15) is 0 Å². The van der Waals surface area contributed by atoms with Crippen LogP contribution in [0.2, 0.25) is 0 Å². The molecule has 1 rings (SSSR count). The first-order valence-corrected chi connectivity index (χ1v) is 4.96. The first-order valence-electron chi connectivity index (χ1n) is 4.96. The number of nitrogens with two attached hydrogens (primary N) is 1. The summed E-state index contributed by atoms with van der Waals surface area (Å²) in [5.74, 6) is 0.345. The van der Waals surface area contributed by atoms with Crippen molar-refractivity contribution in [1.29, 1.82) is 0 Å². The number of hydrogen-bond donors (Lipinski definition) is 1. The first kappa shape index (κ1) is 11.9. The van der Waals surface area contributed by atoms with Crippen LogP contribution in [0.25, 0.3) is 0 Å². The second-order valence-corrected chi connectivity index (χ2v) is 3.08. The van der Waals surface area contributed by atoms with Crippen LogP contribution in [0.1, 0.15) is 6.92 Å². The fourth-order valence-corrected chi connectivity index (χ4v) is 1.14. The van der Waals surface area contributed by atoms with Gasteiger partial charge in [0, 0.05) is 13.2 Å². The molecule has 0 fully saturated rings. The summed E-state index contributed by atoms with van der Waals surface area (Å²) in [7, 11) is 0. The Morgan fingerprint density at radius 2 is 2.00 bits per heavy atom. The van der Waals surface area contributed by atoms with Crippen LogP contribution in [0.4, 0.5) is 4.39 Å². The third-order valence-electron chi connectivity index (χ3n) is 1.91. The van der Waals surface area contributed by atoms with Crippen molar-refractivity contribution < 1.29 is 13.9 Å². The monoisotopic (exact) mass is 213 g/mol. The molecule has 0 amide bonds. The molecular weight excluding hydrogens is 197 g/mol. The van der Waals surface area contributed by atoms with E-state index in [1.165, 1.54) is 12.1 Å². The van der Waals surface area contributed by atoms with Crippen molar-refractivity contribution in [2.75, 3.05) is 19.8 Å². The SMILES string of the molecule is CCOC(CN)COc1ccc(F)cc1. The Balaban J connectivity index is 2.38. The van der Waals surface area contributed by atoms with Crippen LogP contribution < -0.4 is 10.5 Å². The van der Waals surface area contributed by atoms with E-state index in [1.54, 1.807) is 12.1 Å². The molecule has 1 aromatic carbocycles. The minimum Gasteiger partial charge on any atom is -0.491 e. The maximum absolute atomic E-state index is 12.6. The maximum Gasteiger partial charge on any atom is 0.123 e. The van der Waals surface area contributed by atoms with Crippen LogP contribution in [0.5, 0.6) is 5.75 Å². The van der Waals surface area contributed by atoms with Crippen molar-refractivity contribution >= 4 is 0 Å². The second-order valence-electron chi connectivity index (χ2n) is 3.08. The van der Waals surface area contributed by atoms with E-state index in [9.17, 15) is 4.39 Å². The van der Waals surface area contributed by atoms with Gasteiger partial charge in [-0.3, -0.25) is 0 Å². The highest BCUT2D eigenvalue weighted by atomic mass is 19.1. The van der Waals surface area contributed by atoms with Gasteiger partial charge in [0.2, 0.25) is 0 Å². The van der Waals surface area contributed by atoms with Crippen molar-refractivity contribution in [3.8, 4) is 5.75 Å². The molecule has 0 saturated carbocycles. The van der Waals surface area contributed by atoms with E-state index < -0.39 is 0 Å². The van der Waals surface area contributed by atoms with Crippen LogP contribution >= 0.6 is 0 Å². The van der Waals surface area contributed by atoms with Crippen LogP contribution in [0.3, 0.4) is 0 Å². The number of rotatable bonds is 6. The summed E-state index contributed by atoms with van der Waals surface area (Å²) < 4.78 is 23.3. The van der Waals surface area contributed by atoms with Crippen molar-refractivity contribution in [1.82, 2.24) is 0 Å². The Kier molecular flexibility index (Phi) is 5.07. The largest absolute Gasteiger partial charge is 0.491 e. The molecule has 0 aromatic heterocycles. The van der Waals surface area contributed by atoms with Gasteiger partial charge in [0.25, 0.3) is 0 Å². The standard InChI is InChI=1S/C11H16FNO2/c1-2-14-11(7-13)8-15-10-5-3-9(12)4-6-10/h3-6,11H,2,7-8,13H2,1H3. The Hall–Kier alpha value is -1.13. The van der Waals surface area contributed by atoms with E-state index in [0.29, 0.717) is 25.5 Å². The lowest BCUT2D eigenvalue weighted by Crippen LogP contribution is -2.30. The van der Waals surface area contributed by atoms with Gasteiger partial charge in [-0.15, -0.1) is 0 Å². The predicted octanol–water partition coefficient (Wildman–Crippen LogP) is 1.57. The molecule has 1 unspecified atom stereocenters. The molecule has 1 aromatic rings. The lowest BCUT2D eigenvalue weighted by Gasteiger charge is -2.15. The summed E-state index contributed by atoms with van der Waals surface area (Å²) >= 11 is 0. The zero-order valence-electron chi connectivity index (χ0n) is 8.78. The summed E-state index contributed by atoms with van der Waals surface area (Å²) in [6.45, 7) is 3.31. The molecule has 0 aliphatic rings. The smallest absolute Gasteiger partial charge is 0.123 e. The molecule has 84 valence electrons. The molecule has 3 nitrogen and oxygen atoms in total. The quantitative estimate of drug-likeness (QED) is 0.780. The molecule has 0 bridgehead atoms. The highest BCUT2D eigenvalue weighted by Crippen LogP contribution is 2.11. The van der Waals surface area contributed by atoms with E-state index >= 15 is 0 Å². The van der Waals surface area contributed by atoms with E-state index in [2.05, 4.69) is 0 Å². The summed E-state index contributed by atoms with van der Waals surface area (Å²) in [5, 5.41) is 0. The van der Waals surface area contributed by atoms with E-state index in [0.717, 1.165) is 0 Å². The van der Waals surface area contributed by atoms with E-state index in [4.69, 9.17) is 15.2 Å². The van der Waals surface area contributed by atoms with Gasteiger partial charge in [0.1, 0.15) is 24.3 Å². The van der Waals surface area contributed by atoms with Gasteiger partial charge in [-0.1, -0.05) is 0 Å². The average molecular weight is 213 g/mol. The normalized spacial score (nSPS) is 12.5. The molecule has 15 heavy (non-hydrogen) atoms. The fraction of sp³-hybridized carbons (Fsp3) is 0.455. The minimum atomic E-state index is -0.275. The number of ether oxygens (including phenoxy) is 2. The summed E-state index contributed by atoms with van der Waals surface area (Å²) in [4.78, 5) is 0. The Morgan fingerprint density at radius 3 is 2.53 bits per heavy atom. The van der Waals surface area contributed by atoms with Crippen LogP contribution in [0.15, 0.2) is 24.3 Å². The van der Waals surface area contributed by atoms with Crippen molar-refractivity contribution in [2.45, 2.75) is 13.0 Å². The van der Waals surface area contributed by atoms with Gasteiger partial charge in [0.15, 0.2) is 0 Å². The van der Waals surface area contributed by atoms with Crippen LogP contribution in [-0.2, 0) is 4.74 Å². The molecule has 0 spiro atoms. The minimum absolute atomic E-state index is 0.111. The average Bonchev–Trinajstić information content (AvgIpc) is 2.26. The third-order valence-corrected chi connectivity index (χ3v) is 1.91. The zero-order chi connectivity index (χ0) is 11.1. The highest BCUT2D eigenvalue weighted by Gasteiger charge is 2.06. The third kappa shape index (κ3) is 4.27. The van der Waals surface area contributed by atoms with Gasteiger partial charge in [-0.05, 0) is 31.2 Å². The van der Waals surface area contributed by atoms with E-state index in [-0.39, 0.29) is 11.9 Å². The molecular formula is C11H16FNO2. The molecule has 0 aliphatic carbocycles. The van der Waals surface area contributed by atoms with Crippen molar-refractivity contribution in [3.05, 3.63) is 30.1 Å². The molecule has 0 heterocycles. The second kappa shape index (κ2) is 6.37. The van der Waals surface area contributed by atoms with E-state index in [1.807, 2.05) is 6.92 Å². The Labute approximate surface area is 89.0 Å². The van der Waals surface area contributed by atoms with Crippen molar-refractivity contribution in [3.63, 3.8) is 0 Å². The number of hydrogen-bond acceptors (Lipinski definition) is 3. The highest BCUT2D eigenvalue weighted by molar-refractivity contribution is 5.22. The molecule has 1 atom stereocenters. The summed E-state index contributed by atoms with van der Waals surface area (Å²) in [6.07, 6.45) is -0.111. The fourth-order valence-electron chi connectivity index (χ4n) is 1.14. The van der Waals surface area contributed by atoms with Gasteiger partial charge >= 0.3 is 0 Å². The maximum atomic E-state index is 12.6. The summed E-state index contributed by atoms with van der Waals surface area (Å²) in [5.41, 5.74) is 5.48. The van der Waals surface area contributed by atoms with Gasteiger partial charge in [0.05, 0.1) is 0 Å². The van der Waals surface area contributed by atoms with Gasteiger partial charge in [-0.25, -0.2) is 4.39 Å². The molecule has 0 saturated heterocycles. The first-order chi connectivity index (χ1) is 7.26. The lowest BCUT2D eigenvalue weighted by molar-refractivity contribution is 0.0337. The predicted molar refractivity (Wildman–Crippen MR) is 56.4 cm³/mol. The van der Waals surface area contributed by atoms with Gasteiger partial charge < -0.3 is 15.2 Å². The molecule has 0 aliphatic heterocycles. The van der Waals surface area contributed by atoms with Crippen LogP contribution in [0, 0.1) is 5.82 Å². The number of halogens is 1. The molecule has 0 radical (unpaired) electrons. The summed E-state index contributed by atoms with van der Waals surface area (Å²) in [6, 6.07) is 5.87. The molecule has 4 heteroatoms. The Bertz CT molecular complexity index is 276. The van der Waals surface area contributed by atoms with Crippen LogP contribution in [-0.4, -0.2) is 25.9 Å². The van der Waals surface area contributed by atoms with Crippen molar-refractivity contribution in [2.24, 2.45) is 5.73 Å². The number of benzene rings is 1. The lowest BCUT2D eigenvalue weighted by atomic mass is 10.3. The molecule has 2 N–H and O–H groups in total. The topological polar surface area (TPSA) is 44.5 Å². The zero-order valence-corrected chi connectivity index (χ0v) is 8.78.